The highest BCUT2D eigenvalue weighted by molar-refractivity contribution is 8.00. The summed E-state index contributed by atoms with van der Waals surface area (Å²) in [5.74, 6) is 2.71. The first kappa shape index (κ1) is 17.3. The van der Waals surface area contributed by atoms with Crippen LogP contribution in [0.15, 0.2) is 52.0 Å². The Morgan fingerprint density at radius 2 is 2.09 bits per heavy atom. The molecule has 1 N–H and O–H groups in total. The smallest absolute Gasteiger partial charge is 0.233 e. The molecule has 2 aromatic rings. The van der Waals surface area contributed by atoms with Crippen molar-refractivity contribution in [3.63, 3.8) is 0 Å². The molecule has 0 saturated heterocycles. The summed E-state index contributed by atoms with van der Waals surface area (Å²) in [5.41, 5.74) is 0. The van der Waals surface area contributed by atoms with Gasteiger partial charge in [-0.3, -0.25) is 4.79 Å². The van der Waals surface area contributed by atoms with Crippen molar-refractivity contribution in [3.05, 3.63) is 53.4 Å². The van der Waals surface area contributed by atoms with Crippen LogP contribution in [0.5, 0.6) is 0 Å². The van der Waals surface area contributed by atoms with Gasteiger partial charge in [0, 0.05) is 22.2 Å². The molecule has 1 aromatic carbocycles. The summed E-state index contributed by atoms with van der Waals surface area (Å²) in [7, 11) is 0. The minimum absolute atomic E-state index is 0.0542. The normalized spacial score (nSPS) is 12.1. The number of hydrogen-bond acceptors (Lipinski definition) is 4. The van der Waals surface area contributed by atoms with Crippen LogP contribution in [0.2, 0.25) is 5.02 Å². The first-order valence-corrected chi connectivity index (χ1v) is 9.36. The molecule has 6 heteroatoms. The van der Waals surface area contributed by atoms with Crippen molar-refractivity contribution in [1.29, 1.82) is 0 Å². The largest absolute Gasteiger partial charge is 0.468 e. The molecule has 0 aliphatic carbocycles. The van der Waals surface area contributed by atoms with Gasteiger partial charge in [-0.15, -0.1) is 11.8 Å². The van der Waals surface area contributed by atoms with Gasteiger partial charge in [0.05, 0.1) is 17.3 Å². The molecule has 1 atom stereocenters. The Bertz CT molecular complexity index is 572. The second-order valence-corrected chi connectivity index (χ2v) is 7.59. The van der Waals surface area contributed by atoms with E-state index in [0.29, 0.717) is 11.6 Å². The highest BCUT2D eigenvalue weighted by Crippen LogP contribution is 2.24. The Morgan fingerprint density at radius 3 is 2.77 bits per heavy atom. The predicted octanol–water partition coefficient (Wildman–Crippen LogP) is 4.46. The zero-order valence-corrected chi connectivity index (χ0v) is 14.6. The van der Waals surface area contributed by atoms with Gasteiger partial charge in [-0.05, 0) is 43.3 Å². The minimum atomic E-state index is -0.128. The fraction of sp³-hybridized carbons (Fsp3) is 0.312. The molecule has 1 amide bonds. The molecule has 118 valence electrons. The quantitative estimate of drug-likeness (QED) is 0.560. The van der Waals surface area contributed by atoms with Gasteiger partial charge >= 0.3 is 0 Å². The number of carbonyl (C=O) groups excluding carboxylic acids is 1. The van der Waals surface area contributed by atoms with E-state index in [1.807, 2.05) is 43.3 Å². The van der Waals surface area contributed by atoms with Crippen molar-refractivity contribution in [1.82, 2.24) is 5.32 Å². The lowest BCUT2D eigenvalue weighted by Crippen LogP contribution is -2.32. The average molecular weight is 356 g/mol. The molecule has 1 unspecified atom stereocenters. The Hall–Kier alpha value is -1.04. The molecule has 0 aliphatic heterocycles. The van der Waals surface area contributed by atoms with Crippen LogP contribution in [0.25, 0.3) is 0 Å². The second-order valence-electron chi connectivity index (χ2n) is 4.64. The molecule has 22 heavy (non-hydrogen) atoms. The summed E-state index contributed by atoms with van der Waals surface area (Å²) in [6.07, 6.45) is 1.67. The average Bonchev–Trinajstić information content (AvgIpc) is 3.02. The van der Waals surface area contributed by atoms with Crippen LogP contribution >= 0.6 is 35.1 Å². The summed E-state index contributed by atoms with van der Waals surface area (Å²) in [5, 5.41) is 3.53. The lowest BCUT2D eigenvalue weighted by atomic mass is 10.4. The molecule has 0 radical (unpaired) electrons. The van der Waals surface area contributed by atoms with Crippen molar-refractivity contribution in [2.45, 2.75) is 22.8 Å². The maximum Gasteiger partial charge on any atom is 0.233 e. The van der Waals surface area contributed by atoms with Gasteiger partial charge in [0.25, 0.3) is 0 Å². The van der Waals surface area contributed by atoms with Crippen molar-refractivity contribution in [2.24, 2.45) is 0 Å². The lowest BCUT2D eigenvalue weighted by Gasteiger charge is -2.11. The standard InChI is InChI=1S/C16H18ClNO2S2/c1-12(22-15-6-4-13(17)5-7-15)16(19)18-8-10-21-11-14-3-2-9-20-14/h2-7,9,12H,8,10-11H2,1H3,(H,18,19). The van der Waals surface area contributed by atoms with Gasteiger partial charge < -0.3 is 9.73 Å². The zero-order chi connectivity index (χ0) is 15.8. The third-order valence-corrected chi connectivity index (χ3v) is 5.21. The van der Waals surface area contributed by atoms with Crippen molar-refractivity contribution >= 4 is 41.0 Å². The minimum Gasteiger partial charge on any atom is -0.468 e. The second kappa shape index (κ2) is 9.18. The number of benzene rings is 1. The van der Waals surface area contributed by atoms with Crippen LogP contribution in [0.4, 0.5) is 0 Å². The van der Waals surface area contributed by atoms with Crippen molar-refractivity contribution in [3.8, 4) is 0 Å². The topological polar surface area (TPSA) is 42.2 Å². The summed E-state index contributed by atoms with van der Waals surface area (Å²) in [4.78, 5) is 13.1. The number of nitrogens with one attached hydrogen (secondary N) is 1. The monoisotopic (exact) mass is 355 g/mol. The molecule has 0 fully saturated rings. The molecule has 0 aliphatic rings. The third kappa shape index (κ3) is 5.99. The number of rotatable bonds is 8. The molecule has 0 bridgehead atoms. The molecule has 0 saturated carbocycles. The lowest BCUT2D eigenvalue weighted by molar-refractivity contribution is -0.120. The van der Waals surface area contributed by atoms with Crippen LogP contribution in [0, 0.1) is 0 Å². The summed E-state index contributed by atoms with van der Waals surface area (Å²) >= 11 is 9.12. The number of amides is 1. The first-order chi connectivity index (χ1) is 10.6. The van der Waals surface area contributed by atoms with E-state index in [-0.39, 0.29) is 11.2 Å². The van der Waals surface area contributed by atoms with Gasteiger partial charge in [0.15, 0.2) is 0 Å². The SMILES string of the molecule is CC(Sc1ccc(Cl)cc1)C(=O)NCCSCc1ccco1. The van der Waals surface area contributed by atoms with E-state index in [1.54, 1.807) is 18.0 Å². The van der Waals surface area contributed by atoms with E-state index in [1.165, 1.54) is 11.8 Å². The number of furan rings is 1. The van der Waals surface area contributed by atoms with E-state index in [0.717, 1.165) is 22.2 Å². The molecule has 1 heterocycles. The molecule has 0 spiro atoms. The fourth-order valence-electron chi connectivity index (χ4n) is 1.73. The van der Waals surface area contributed by atoms with Gasteiger partial charge in [0.1, 0.15) is 5.76 Å². The molecule has 3 nitrogen and oxygen atoms in total. The fourth-order valence-corrected chi connectivity index (χ4v) is 3.50. The third-order valence-electron chi connectivity index (χ3n) is 2.87. The Balaban J connectivity index is 1.62. The van der Waals surface area contributed by atoms with E-state index in [4.69, 9.17) is 16.0 Å². The maximum absolute atomic E-state index is 12.0. The van der Waals surface area contributed by atoms with Crippen LogP contribution in [0.3, 0.4) is 0 Å². The van der Waals surface area contributed by atoms with Crippen LogP contribution in [0.1, 0.15) is 12.7 Å². The molecular formula is C16H18ClNO2S2. The molecule has 1 aromatic heterocycles. The summed E-state index contributed by atoms with van der Waals surface area (Å²) < 4.78 is 5.25. The maximum atomic E-state index is 12.0. The highest BCUT2D eigenvalue weighted by Gasteiger charge is 2.13. The molecule has 2 rings (SSSR count). The zero-order valence-electron chi connectivity index (χ0n) is 12.3. The van der Waals surface area contributed by atoms with E-state index in [9.17, 15) is 4.79 Å². The summed E-state index contributed by atoms with van der Waals surface area (Å²) in [6, 6.07) is 11.4. The number of halogens is 1. The van der Waals surface area contributed by atoms with E-state index < -0.39 is 0 Å². The van der Waals surface area contributed by atoms with Gasteiger partial charge in [-0.1, -0.05) is 11.6 Å². The molecular weight excluding hydrogens is 338 g/mol. The van der Waals surface area contributed by atoms with Crippen LogP contribution < -0.4 is 5.32 Å². The predicted molar refractivity (Wildman–Crippen MR) is 94.7 cm³/mol. The summed E-state index contributed by atoms with van der Waals surface area (Å²) in [6.45, 7) is 2.57. The Morgan fingerprint density at radius 1 is 1.32 bits per heavy atom. The first-order valence-electron chi connectivity index (χ1n) is 6.95. The van der Waals surface area contributed by atoms with Crippen molar-refractivity contribution < 1.29 is 9.21 Å². The van der Waals surface area contributed by atoms with Crippen molar-refractivity contribution in [2.75, 3.05) is 12.3 Å². The van der Waals surface area contributed by atoms with E-state index in [2.05, 4.69) is 5.32 Å². The van der Waals surface area contributed by atoms with Gasteiger partial charge in [-0.25, -0.2) is 0 Å². The van der Waals surface area contributed by atoms with Gasteiger partial charge in [0.2, 0.25) is 5.91 Å². The number of hydrogen-bond donors (Lipinski definition) is 1. The van der Waals surface area contributed by atoms with E-state index >= 15 is 0 Å². The Labute approximate surface area is 144 Å². The number of thioether (sulfide) groups is 2. The van der Waals surface area contributed by atoms with Gasteiger partial charge in [-0.2, -0.15) is 11.8 Å². The van der Waals surface area contributed by atoms with Crippen LogP contribution in [-0.4, -0.2) is 23.5 Å². The Kier molecular flexibility index (Phi) is 7.22. The number of carbonyl (C=O) groups is 1. The van der Waals surface area contributed by atoms with Crippen LogP contribution in [-0.2, 0) is 10.5 Å². The highest BCUT2D eigenvalue weighted by atomic mass is 35.5.